The fraction of sp³-hybridized carbons (Fsp3) is 0.714. The van der Waals surface area contributed by atoms with Gasteiger partial charge in [0.25, 0.3) is 0 Å². The Labute approximate surface area is 119 Å². The summed E-state index contributed by atoms with van der Waals surface area (Å²) in [6.07, 6.45) is 1.37. The third-order valence-electron chi connectivity index (χ3n) is 3.87. The van der Waals surface area contributed by atoms with E-state index in [1.54, 1.807) is 14.2 Å². The maximum atomic E-state index is 5.99. The van der Waals surface area contributed by atoms with Gasteiger partial charge in [0.05, 0.1) is 18.2 Å². The van der Waals surface area contributed by atoms with E-state index in [0.717, 1.165) is 19.5 Å². The second-order valence-corrected chi connectivity index (χ2v) is 6.11. The SMILES string of the molecule is CCc1ccc(C(CN)N2CC(OC)C(OC)C2)s1. The second-order valence-electron chi connectivity index (χ2n) is 4.91. The maximum Gasteiger partial charge on any atom is 0.0972 e. The van der Waals surface area contributed by atoms with Crippen molar-refractivity contribution in [3.8, 4) is 0 Å². The van der Waals surface area contributed by atoms with Gasteiger partial charge in [-0.05, 0) is 18.6 Å². The highest BCUT2D eigenvalue weighted by Gasteiger charge is 2.36. The molecule has 0 radical (unpaired) electrons. The number of thiophene rings is 1. The number of nitrogens with two attached hydrogens (primary N) is 1. The molecule has 2 heterocycles. The molecule has 0 aliphatic carbocycles. The predicted molar refractivity (Wildman–Crippen MR) is 78.7 cm³/mol. The van der Waals surface area contributed by atoms with Crippen LogP contribution in [0.5, 0.6) is 0 Å². The van der Waals surface area contributed by atoms with Gasteiger partial charge in [-0.25, -0.2) is 0 Å². The Kier molecular flexibility index (Phi) is 5.36. The molecule has 2 N–H and O–H groups in total. The van der Waals surface area contributed by atoms with Crippen molar-refractivity contribution in [3.05, 3.63) is 21.9 Å². The molecule has 0 aromatic carbocycles. The van der Waals surface area contributed by atoms with E-state index in [-0.39, 0.29) is 18.2 Å². The molecule has 1 aromatic rings. The van der Waals surface area contributed by atoms with Gasteiger partial charge < -0.3 is 15.2 Å². The first kappa shape index (κ1) is 14.9. The van der Waals surface area contributed by atoms with Gasteiger partial charge in [0.2, 0.25) is 0 Å². The van der Waals surface area contributed by atoms with Crippen LogP contribution in [0, 0.1) is 0 Å². The van der Waals surface area contributed by atoms with Gasteiger partial charge in [-0.3, -0.25) is 4.90 Å². The van der Waals surface area contributed by atoms with Crippen molar-refractivity contribution in [3.63, 3.8) is 0 Å². The standard InChI is InChI=1S/C14H24N2O2S/c1-4-10-5-6-14(19-10)11(7-15)16-8-12(17-2)13(9-16)18-3/h5-6,11-13H,4,7-9,15H2,1-3H3. The van der Waals surface area contributed by atoms with E-state index < -0.39 is 0 Å². The highest BCUT2D eigenvalue weighted by atomic mass is 32.1. The van der Waals surface area contributed by atoms with Crippen molar-refractivity contribution in [2.45, 2.75) is 31.6 Å². The van der Waals surface area contributed by atoms with E-state index in [1.165, 1.54) is 9.75 Å². The van der Waals surface area contributed by atoms with Crippen LogP contribution < -0.4 is 5.73 Å². The summed E-state index contributed by atoms with van der Waals surface area (Å²) in [6.45, 7) is 4.59. The van der Waals surface area contributed by atoms with Crippen LogP contribution in [0.1, 0.15) is 22.7 Å². The Bertz CT molecular complexity index is 385. The molecule has 5 heteroatoms. The summed E-state index contributed by atoms with van der Waals surface area (Å²) in [6, 6.07) is 4.70. The van der Waals surface area contributed by atoms with Crippen molar-refractivity contribution < 1.29 is 9.47 Å². The first-order valence-corrected chi connectivity index (χ1v) is 7.63. The normalized spacial score (nSPS) is 25.9. The van der Waals surface area contributed by atoms with E-state index >= 15 is 0 Å². The van der Waals surface area contributed by atoms with Crippen LogP contribution in [0.25, 0.3) is 0 Å². The first-order chi connectivity index (χ1) is 9.23. The summed E-state index contributed by atoms with van der Waals surface area (Å²) in [5, 5.41) is 0. The van der Waals surface area contributed by atoms with E-state index in [0.29, 0.717) is 6.54 Å². The summed E-state index contributed by atoms with van der Waals surface area (Å²) in [5.74, 6) is 0. The lowest BCUT2D eigenvalue weighted by molar-refractivity contribution is -0.00461. The molecule has 1 aliphatic heterocycles. The van der Waals surface area contributed by atoms with Crippen molar-refractivity contribution in [2.24, 2.45) is 5.73 Å². The lowest BCUT2D eigenvalue weighted by Crippen LogP contribution is -2.32. The van der Waals surface area contributed by atoms with Gasteiger partial charge in [0, 0.05) is 43.6 Å². The van der Waals surface area contributed by atoms with Crippen LogP contribution in [0.2, 0.25) is 0 Å². The number of rotatable bonds is 6. The number of nitrogens with zero attached hydrogens (tertiary/aromatic N) is 1. The quantitative estimate of drug-likeness (QED) is 0.863. The highest BCUT2D eigenvalue weighted by Crippen LogP contribution is 2.31. The van der Waals surface area contributed by atoms with Crippen LogP contribution in [0.3, 0.4) is 0 Å². The van der Waals surface area contributed by atoms with Gasteiger partial charge in [0.15, 0.2) is 0 Å². The monoisotopic (exact) mass is 284 g/mol. The van der Waals surface area contributed by atoms with Gasteiger partial charge in [0.1, 0.15) is 0 Å². The predicted octanol–water partition coefficient (Wildman–Crippen LogP) is 1.66. The van der Waals surface area contributed by atoms with E-state index in [2.05, 4.69) is 24.0 Å². The van der Waals surface area contributed by atoms with E-state index in [1.807, 2.05) is 11.3 Å². The number of likely N-dealkylation sites (tertiary alicyclic amines) is 1. The Balaban J connectivity index is 2.10. The van der Waals surface area contributed by atoms with Crippen LogP contribution in [-0.2, 0) is 15.9 Å². The Morgan fingerprint density at radius 1 is 1.32 bits per heavy atom. The molecule has 1 saturated heterocycles. The zero-order valence-electron chi connectivity index (χ0n) is 12.0. The molecule has 0 amide bonds. The second kappa shape index (κ2) is 6.81. The van der Waals surface area contributed by atoms with Crippen molar-refractivity contribution in [1.29, 1.82) is 0 Å². The topological polar surface area (TPSA) is 47.7 Å². The van der Waals surface area contributed by atoms with Crippen molar-refractivity contribution >= 4 is 11.3 Å². The number of hydrogen-bond donors (Lipinski definition) is 1. The summed E-state index contributed by atoms with van der Waals surface area (Å²) >= 11 is 1.87. The summed E-state index contributed by atoms with van der Waals surface area (Å²) in [5.41, 5.74) is 5.99. The first-order valence-electron chi connectivity index (χ1n) is 6.81. The van der Waals surface area contributed by atoms with Gasteiger partial charge in [-0.2, -0.15) is 0 Å². The average Bonchev–Trinajstić information content (AvgIpc) is 3.06. The molecule has 108 valence electrons. The molecule has 0 spiro atoms. The molecular weight excluding hydrogens is 260 g/mol. The lowest BCUT2D eigenvalue weighted by atomic mass is 10.2. The van der Waals surface area contributed by atoms with Gasteiger partial charge >= 0.3 is 0 Å². The number of aryl methyl sites for hydroxylation is 1. The zero-order valence-corrected chi connectivity index (χ0v) is 12.8. The summed E-state index contributed by atoms with van der Waals surface area (Å²) < 4.78 is 11.0. The minimum absolute atomic E-state index is 0.143. The molecule has 0 bridgehead atoms. The Morgan fingerprint density at radius 2 is 1.95 bits per heavy atom. The Morgan fingerprint density at radius 3 is 2.37 bits per heavy atom. The summed E-state index contributed by atoms with van der Waals surface area (Å²) in [7, 11) is 3.50. The number of methoxy groups -OCH3 is 2. The fourth-order valence-electron chi connectivity index (χ4n) is 2.69. The largest absolute Gasteiger partial charge is 0.377 e. The lowest BCUT2D eigenvalue weighted by Gasteiger charge is -2.25. The minimum atomic E-state index is 0.143. The minimum Gasteiger partial charge on any atom is -0.377 e. The molecule has 19 heavy (non-hydrogen) atoms. The van der Waals surface area contributed by atoms with E-state index in [9.17, 15) is 0 Å². The summed E-state index contributed by atoms with van der Waals surface area (Å²) in [4.78, 5) is 5.15. The van der Waals surface area contributed by atoms with Crippen LogP contribution in [-0.4, -0.2) is 51.0 Å². The molecule has 2 rings (SSSR count). The number of ether oxygens (including phenoxy) is 2. The van der Waals surface area contributed by atoms with Crippen LogP contribution >= 0.6 is 11.3 Å². The molecule has 1 aromatic heterocycles. The van der Waals surface area contributed by atoms with Gasteiger partial charge in [-0.15, -0.1) is 11.3 Å². The maximum absolute atomic E-state index is 5.99. The van der Waals surface area contributed by atoms with Gasteiger partial charge in [-0.1, -0.05) is 6.92 Å². The highest BCUT2D eigenvalue weighted by molar-refractivity contribution is 7.12. The van der Waals surface area contributed by atoms with E-state index in [4.69, 9.17) is 15.2 Å². The zero-order chi connectivity index (χ0) is 13.8. The van der Waals surface area contributed by atoms with Crippen LogP contribution in [0.4, 0.5) is 0 Å². The smallest absolute Gasteiger partial charge is 0.0972 e. The number of hydrogen-bond acceptors (Lipinski definition) is 5. The third kappa shape index (κ3) is 3.17. The Hall–Kier alpha value is -0.460. The third-order valence-corrected chi connectivity index (χ3v) is 5.20. The molecule has 3 atom stereocenters. The molecule has 1 fully saturated rings. The fourth-order valence-corrected chi connectivity index (χ4v) is 3.79. The molecule has 3 unspecified atom stereocenters. The van der Waals surface area contributed by atoms with Crippen molar-refractivity contribution in [1.82, 2.24) is 4.90 Å². The molecule has 1 aliphatic rings. The van der Waals surface area contributed by atoms with Crippen LogP contribution in [0.15, 0.2) is 12.1 Å². The van der Waals surface area contributed by atoms with Crippen molar-refractivity contribution in [2.75, 3.05) is 33.9 Å². The molecule has 4 nitrogen and oxygen atoms in total. The average molecular weight is 284 g/mol. The molecular formula is C14H24N2O2S. The molecule has 0 saturated carbocycles.